The van der Waals surface area contributed by atoms with Gasteiger partial charge in [0.2, 0.25) is 0 Å². The maximum atomic E-state index is 9.58. The van der Waals surface area contributed by atoms with Crippen LogP contribution in [0.1, 0.15) is 18.9 Å². The molecule has 1 aromatic heterocycles. The molecule has 1 aromatic rings. The van der Waals surface area contributed by atoms with Gasteiger partial charge in [0.1, 0.15) is 0 Å². The Labute approximate surface area is 84.7 Å². The van der Waals surface area contributed by atoms with Crippen LogP contribution in [0.3, 0.4) is 0 Å². The Hall–Kier alpha value is -0.930. The maximum absolute atomic E-state index is 9.58. The van der Waals surface area contributed by atoms with Gasteiger partial charge < -0.3 is 9.84 Å². The second kappa shape index (κ2) is 6.51. The lowest BCUT2D eigenvalue weighted by molar-refractivity contribution is 0.0374. The topological polar surface area (TPSA) is 42.4 Å². The number of pyridine rings is 1. The van der Waals surface area contributed by atoms with E-state index in [2.05, 4.69) is 11.9 Å². The minimum absolute atomic E-state index is 0.413. The maximum Gasteiger partial charge on any atom is 0.0813 e. The van der Waals surface area contributed by atoms with Crippen molar-refractivity contribution < 1.29 is 9.84 Å². The standard InChI is InChI=1S/C11H17NO2/c1-2-7-14-9-11(13)8-10-3-5-12-6-4-10/h3-6,11,13H,2,7-9H2,1H3. The molecule has 0 aliphatic rings. The number of aromatic nitrogens is 1. The van der Waals surface area contributed by atoms with E-state index in [1.165, 1.54) is 0 Å². The quantitative estimate of drug-likeness (QED) is 0.698. The van der Waals surface area contributed by atoms with Crippen molar-refractivity contribution in [1.29, 1.82) is 0 Å². The van der Waals surface area contributed by atoms with Gasteiger partial charge in [-0.2, -0.15) is 0 Å². The zero-order chi connectivity index (χ0) is 10.2. The Morgan fingerprint density at radius 2 is 2.14 bits per heavy atom. The van der Waals surface area contributed by atoms with Gasteiger partial charge in [-0.15, -0.1) is 0 Å². The van der Waals surface area contributed by atoms with E-state index in [4.69, 9.17) is 4.74 Å². The van der Waals surface area contributed by atoms with Crippen LogP contribution in [0.4, 0.5) is 0 Å². The van der Waals surface area contributed by atoms with Gasteiger partial charge >= 0.3 is 0 Å². The molecule has 0 aromatic carbocycles. The van der Waals surface area contributed by atoms with Gasteiger partial charge in [0, 0.05) is 25.4 Å². The molecule has 1 unspecified atom stereocenters. The highest BCUT2D eigenvalue weighted by molar-refractivity contribution is 5.10. The third-order valence-electron chi connectivity index (χ3n) is 1.88. The number of aliphatic hydroxyl groups excluding tert-OH is 1. The van der Waals surface area contributed by atoms with Crippen molar-refractivity contribution in [2.75, 3.05) is 13.2 Å². The van der Waals surface area contributed by atoms with Gasteiger partial charge in [0.05, 0.1) is 12.7 Å². The van der Waals surface area contributed by atoms with Crippen molar-refractivity contribution in [3.63, 3.8) is 0 Å². The van der Waals surface area contributed by atoms with Crippen LogP contribution in [0.5, 0.6) is 0 Å². The Balaban J connectivity index is 2.23. The number of nitrogens with zero attached hydrogens (tertiary/aromatic N) is 1. The van der Waals surface area contributed by atoms with Crippen LogP contribution >= 0.6 is 0 Å². The van der Waals surface area contributed by atoms with Crippen LogP contribution in [-0.2, 0) is 11.2 Å². The second-order valence-corrected chi connectivity index (χ2v) is 3.29. The molecule has 78 valence electrons. The number of ether oxygens (including phenoxy) is 1. The summed E-state index contributed by atoms with van der Waals surface area (Å²) in [6.07, 6.45) is 4.67. The average Bonchev–Trinajstić information content (AvgIpc) is 2.20. The Bertz CT molecular complexity index is 238. The summed E-state index contributed by atoms with van der Waals surface area (Å²) in [7, 11) is 0. The molecule has 0 fully saturated rings. The molecule has 1 heterocycles. The second-order valence-electron chi connectivity index (χ2n) is 3.29. The molecule has 14 heavy (non-hydrogen) atoms. The Morgan fingerprint density at radius 1 is 1.43 bits per heavy atom. The SMILES string of the molecule is CCCOCC(O)Cc1ccncc1. The van der Waals surface area contributed by atoms with E-state index < -0.39 is 6.10 Å². The third-order valence-corrected chi connectivity index (χ3v) is 1.88. The summed E-state index contributed by atoms with van der Waals surface area (Å²) in [6.45, 7) is 3.18. The molecule has 0 spiro atoms. The molecule has 0 amide bonds. The van der Waals surface area contributed by atoms with E-state index in [1.807, 2.05) is 12.1 Å². The molecule has 1 rings (SSSR count). The average molecular weight is 195 g/mol. The molecular weight excluding hydrogens is 178 g/mol. The monoisotopic (exact) mass is 195 g/mol. The minimum atomic E-state index is -0.413. The Kier molecular flexibility index (Phi) is 5.19. The summed E-state index contributed by atoms with van der Waals surface area (Å²) in [6, 6.07) is 3.81. The molecule has 3 nitrogen and oxygen atoms in total. The third kappa shape index (κ3) is 4.35. The number of hydrogen-bond acceptors (Lipinski definition) is 3. The lowest BCUT2D eigenvalue weighted by Crippen LogP contribution is -2.18. The molecule has 0 aliphatic carbocycles. The molecule has 1 N–H and O–H groups in total. The first-order chi connectivity index (χ1) is 6.83. The fourth-order valence-electron chi connectivity index (χ4n) is 1.21. The van der Waals surface area contributed by atoms with Gasteiger partial charge in [0.25, 0.3) is 0 Å². The van der Waals surface area contributed by atoms with Crippen LogP contribution in [-0.4, -0.2) is 29.4 Å². The molecule has 0 radical (unpaired) electrons. The van der Waals surface area contributed by atoms with Crippen molar-refractivity contribution in [3.8, 4) is 0 Å². The van der Waals surface area contributed by atoms with Crippen molar-refractivity contribution in [2.24, 2.45) is 0 Å². The van der Waals surface area contributed by atoms with E-state index in [9.17, 15) is 5.11 Å². The molecule has 3 heteroatoms. The fraction of sp³-hybridized carbons (Fsp3) is 0.545. The first-order valence-electron chi connectivity index (χ1n) is 4.97. The highest BCUT2D eigenvalue weighted by Crippen LogP contribution is 2.01. The predicted molar refractivity (Wildman–Crippen MR) is 55.1 cm³/mol. The summed E-state index contributed by atoms with van der Waals surface area (Å²) in [5.41, 5.74) is 1.09. The first-order valence-corrected chi connectivity index (χ1v) is 4.97. The Morgan fingerprint density at radius 3 is 2.79 bits per heavy atom. The van der Waals surface area contributed by atoms with Gasteiger partial charge in [-0.25, -0.2) is 0 Å². The zero-order valence-corrected chi connectivity index (χ0v) is 8.52. The normalized spacial score (nSPS) is 12.7. The van der Waals surface area contributed by atoms with Crippen molar-refractivity contribution in [2.45, 2.75) is 25.9 Å². The smallest absolute Gasteiger partial charge is 0.0813 e. The van der Waals surface area contributed by atoms with Crippen molar-refractivity contribution in [1.82, 2.24) is 4.98 Å². The fourth-order valence-corrected chi connectivity index (χ4v) is 1.21. The largest absolute Gasteiger partial charge is 0.390 e. The number of rotatable bonds is 6. The van der Waals surface area contributed by atoms with Crippen molar-refractivity contribution in [3.05, 3.63) is 30.1 Å². The lowest BCUT2D eigenvalue weighted by atomic mass is 10.1. The van der Waals surface area contributed by atoms with Gasteiger partial charge in [-0.1, -0.05) is 6.92 Å². The van der Waals surface area contributed by atoms with Crippen LogP contribution in [0.25, 0.3) is 0 Å². The predicted octanol–water partition coefficient (Wildman–Crippen LogP) is 1.41. The van der Waals surface area contributed by atoms with Gasteiger partial charge in [-0.3, -0.25) is 4.98 Å². The molecule has 0 bridgehead atoms. The van der Waals surface area contributed by atoms with Crippen LogP contribution in [0.2, 0.25) is 0 Å². The molecule has 0 saturated heterocycles. The van der Waals surface area contributed by atoms with E-state index in [0.29, 0.717) is 19.6 Å². The van der Waals surface area contributed by atoms with Crippen LogP contribution in [0, 0.1) is 0 Å². The van der Waals surface area contributed by atoms with Gasteiger partial charge in [0.15, 0.2) is 0 Å². The summed E-state index contributed by atoms with van der Waals surface area (Å²) in [5, 5.41) is 9.58. The molecule has 1 atom stereocenters. The summed E-state index contributed by atoms with van der Waals surface area (Å²) in [5.74, 6) is 0. The molecular formula is C11H17NO2. The van der Waals surface area contributed by atoms with Crippen LogP contribution in [0.15, 0.2) is 24.5 Å². The summed E-state index contributed by atoms with van der Waals surface area (Å²) in [4.78, 5) is 3.92. The first kappa shape index (κ1) is 11.1. The van der Waals surface area contributed by atoms with E-state index in [1.54, 1.807) is 12.4 Å². The van der Waals surface area contributed by atoms with E-state index >= 15 is 0 Å². The van der Waals surface area contributed by atoms with E-state index in [0.717, 1.165) is 12.0 Å². The highest BCUT2D eigenvalue weighted by atomic mass is 16.5. The van der Waals surface area contributed by atoms with Crippen LogP contribution < -0.4 is 0 Å². The zero-order valence-electron chi connectivity index (χ0n) is 8.52. The summed E-state index contributed by atoms with van der Waals surface area (Å²) >= 11 is 0. The van der Waals surface area contributed by atoms with Crippen molar-refractivity contribution >= 4 is 0 Å². The van der Waals surface area contributed by atoms with Gasteiger partial charge in [-0.05, 0) is 24.1 Å². The van der Waals surface area contributed by atoms with E-state index in [-0.39, 0.29) is 0 Å². The summed E-state index contributed by atoms with van der Waals surface area (Å²) < 4.78 is 5.25. The number of aliphatic hydroxyl groups is 1. The molecule has 0 aliphatic heterocycles. The minimum Gasteiger partial charge on any atom is -0.390 e. The molecule has 0 saturated carbocycles. The highest BCUT2D eigenvalue weighted by Gasteiger charge is 2.04. The lowest BCUT2D eigenvalue weighted by Gasteiger charge is -2.10. The number of hydrogen-bond donors (Lipinski definition) is 1.